The van der Waals surface area contributed by atoms with Crippen molar-refractivity contribution >= 4 is 17.6 Å². The maximum absolute atomic E-state index is 12.9. The lowest BCUT2D eigenvalue weighted by molar-refractivity contribution is -0.142. The van der Waals surface area contributed by atoms with Crippen molar-refractivity contribution < 1.29 is 14.3 Å². The van der Waals surface area contributed by atoms with Gasteiger partial charge >= 0.3 is 0 Å². The first-order valence-electron chi connectivity index (χ1n) is 11.7. The van der Waals surface area contributed by atoms with Crippen LogP contribution in [0.25, 0.3) is 11.3 Å². The van der Waals surface area contributed by atoms with E-state index in [0.29, 0.717) is 38.6 Å². The molecule has 0 radical (unpaired) electrons. The van der Waals surface area contributed by atoms with Crippen LogP contribution in [0, 0.1) is 11.8 Å². The van der Waals surface area contributed by atoms with Crippen molar-refractivity contribution in [3.63, 3.8) is 0 Å². The highest BCUT2D eigenvalue weighted by Gasteiger charge is 2.31. The molecule has 1 aliphatic heterocycles. The minimum atomic E-state index is -0.0899. The number of carbonyl (C=O) groups excluding carboxylic acids is 2. The average molecular weight is 452 g/mol. The molecule has 1 aliphatic carbocycles. The third-order valence-electron chi connectivity index (χ3n) is 6.30. The van der Waals surface area contributed by atoms with Gasteiger partial charge in [-0.3, -0.25) is 9.59 Å². The zero-order chi connectivity index (χ0) is 23.4. The second-order valence-corrected chi connectivity index (χ2v) is 9.19. The van der Waals surface area contributed by atoms with E-state index in [2.05, 4.69) is 15.1 Å². The fourth-order valence-corrected chi connectivity index (χ4v) is 4.07. The Morgan fingerprint density at radius 3 is 2.27 bits per heavy atom. The number of aromatic nitrogens is 2. The number of carbonyl (C=O) groups is 2. The number of anilines is 1. The van der Waals surface area contributed by atoms with Crippen molar-refractivity contribution in [2.75, 3.05) is 51.3 Å². The van der Waals surface area contributed by atoms with E-state index in [1.807, 2.05) is 55.1 Å². The van der Waals surface area contributed by atoms with Crippen LogP contribution in [-0.2, 0) is 9.59 Å². The highest BCUT2D eigenvalue weighted by molar-refractivity contribution is 5.85. The summed E-state index contributed by atoms with van der Waals surface area (Å²) in [5.74, 6) is 2.20. The molecule has 2 amide bonds. The average Bonchev–Trinajstić information content (AvgIpc) is 3.67. The van der Waals surface area contributed by atoms with Gasteiger partial charge in [-0.15, -0.1) is 10.2 Å². The molecule has 0 unspecified atom stereocenters. The molecule has 1 aromatic carbocycles. The molecular formula is C25H33N5O3. The molecule has 33 heavy (non-hydrogen) atoms. The summed E-state index contributed by atoms with van der Waals surface area (Å²) in [5, 5.41) is 8.80. The van der Waals surface area contributed by atoms with Crippen molar-refractivity contribution in [3.8, 4) is 17.0 Å². The van der Waals surface area contributed by atoms with Crippen molar-refractivity contribution in [1.29, 1.82) is 0 Å². The van der Waals surface area contributed by atoms with Crippen LogP contribution >= 0.6 is 0 Å². The van der Waals surface area contributed by atoms with Crippen molar-refractivity contribution in [3.05, 3.63) is 36.4 Å². The van der Waals surface area contributed by atoms with Crippen molar-refractivity contribution in [2.24, 2.45) is 11.8 Å². The van der Waals surface area contributed by atoms with Gasteiger partial charge in [0.1, 0.15) is 5.75 Å². The van der Waals surface area contributed by atoms with E-state index in [1.54, 1.807) is 12.0 Å². The van der Waals surface area contributed by atoms with Gasteiger partial charge in [-0.2, -0.15) is 0 Å². The molecule has 176 valence electrons. The Hall–Kier alpha value is -3.16. The number of nitrogens with zero attached hydrogens (tertiary/aromatic N) is 5. The molecule has 2 heterocycles. The fraction of sp³-hybridized carbons (Fsp3) is 0.520. The van der Waals surface area contributed by atoms with E-state index in [0.717, 1.165) is 35.7 Å². The van der Waals surface area contributed by atoms with Crippen LogP contribution in [0.4, 0.5) is 5.82 Å². The summed E-state index contributed by atoms with van der Waals surface area (Å²) in [6, 6.07) is 11.7. The minimum Gasteiger partial charge on any atom is -0.497 e. The molecule has 8 nitrogen and oxygen atoms in total. The number of hydrogen-bond acceptors (Lipinski definition) is 6. The Kier molecular flexibility index (Phi) is 7.11. The largest absolute Gasteiger partial charge is 0.497 e. The topological polar surface area (TPSA) is 78.9 Å². The van der Waals surface area contributed by atoms with Crippen LogP contribution < -0.4 is 9.64 Å². The first-order chi connectivity index (χ1) is 15.9. The van der Waals surface area contributed by atoms with E-state index in [1.165, 1.54) is 0 Å². The molecule has 0 bridgehead atoms. The smallest absolute Gasteiger partial charge is 0.242 e. The molecule has 1 saturated carbocycles. The number of hydrogen-bond donors (Lipinski definition) is 0. The summed E-state index contributed by atoms with van der Waals surface area (Å²) in [5.41, 5.74) is 1.79. The van der Waals surface area contributed by atoms with Crippen LogP contribution in [0.5, 0.6) is 5.75 Å². The molecule has 4 rings (SSSR count). The van der Waals surface area contributed by atoms with Gasteiger partial charge in [0.25, 0.3) is 0 Å². The number of rotatable bonds is 8. The Balaban J connectivity index is 1.31. The van der Waals surface area contributed by atoms with E-state index in [-0.39, 0.29) is 24.3 Å². The SMILES string of the molecule is COc1ccc(-c2ccc(N3CCN(C(=O)CN(CC4CC4)C(=O)C(C)C)CC3)nn2)cc1. The first kappa shape index (κ1) is 23.0. The summed E-state index contributed by atoms with van der Waals surface area (Å²) >= 11 is 0. The van der Waals surface area contributed by atoms with E-state index in [4.69, 9.17) is 4.74 Å². The highest BCUT2D eigenvalue weighted by atomic mass is 16.5. The van der Waals surface area contributed by atoms with E-state index in [9.17, 15) is 9.59 Å². The van der Waals surface area contributed by atoms with Gasteiger partial charge in [-0.25, -0.2) is 0 Å². The number of piperazine rings is 1. The van der Waals surface area contributed by atoms with E-state index >= 15 is 0 Å². The third kappa shape index (κ3) is 5.80. The van der Waals surface area contributed by atoms with Crippen LogP contribution in [0.15, 0.2) is 36.4 Å². The molecular weight excluding hydrogens is 418 g/mol. The van der Waals surface area contributed by atoms with Crippen molar-refractivity contribution in [2.45, 2.75) is 26.7 Å². The normalized spacial score (nSPS) is 16.1. The molecule has 0 spiro atoms. The second kappa shape index (κ2) is 10.2. The first-order valence-corrected chi connectivity index (χ1v) is 11.7. The molecule has 2 aliphatic rings. The number of benzene rings is 1. The summed E-state index contributed by atoms with van der Waals surface area (Å²) in [6.07, 6.45) is 2.32. The van der Waals surface area contributed by atoms with Crippen molar-refractivity contribution in [1.82, 2.24) is 20.0 Å². The Bertz CT molecular complexity index is 949. The van der Waals surface area contributed by atoms with Gasteiger partial charge in [-0.1, -0.05) is 13.8 Å². The van der Waals surface area contributed by atoms with Gasteiger partial charge < -0.3 is 19.4 Å². The molecule has 1 saturated heterocycles. The lowest BCUT2D eigenvalue weighted by atomic mass is 10.1. The Morgan fingerprint density at radius 2 is 1.73 bits per heavy atom. The zero-order valence-corrected chi connectivity index (χ0v) is 19.7. The molecule has 0 N–H and O–H groups in total. The molecule has 1 aromatic heterocycles. The van der Waals surface area contributed by atoms with Gasteiger partial charge in [0, 0.05) is 44.2 Å². The van der Waals surface area contributed by atoms with Crippen LogP contribution in [0.3, 0.4) is 0 Å². The monoisotopic (exact) mass is 451 g/mol. The predicted molar refractivity (Wildman–Crippen MR) is 127 cm³/mol. The Labute approximate surface area is 195 Å². The lowest BCUT2D eigenvalue weighted by Gasteiger charge is -2.36. The standard InChI is InChI=1S/C25H33N5O3/c1-18(2)25(32)30(16-19-4-5-19)17-24(31)29-14-12-28(13-15-29)23-11-10-22(26-27-23)20-6-8-21(33-3)9-7-20/h6-11,18-19H,4-5,12-17H2,1-3H3. The fourth-order valence-electron chi connectivity index (χ4n) is 4.07. The summed E-state index contributed by atoms with van der Waals surface area (Å²) in [4.78, 5) is 31.2. The van der Waals surface area contributed by atoms with Gasteiger partial charge in [-0.05, 0) is 55.2 Å². The molecule has 0 atom stereocenters. The summed E-state index contributed by atoms with van der Waals surface area (Å²) in [7, 11) is 1.65. The van der Waals surface area contributed by atoms with Gasteiger partial charge in [0.15, 0.2) is 5.82 Å². The minimum absolute atomic E-state index is 0.0326. The van der Waals surface area contributed by atoms with E-state index < -0.39 is 0 Å². The Morgan fingerprint density at radius 1 is 1.03 bits per heavy atom. The van der Waals surface area contributed by atoms with Crippen LogP contribution in [0.1, 0.15) is 26.7 Å². The number of methoxy groups -OCH3 is 1. The molecule has 2 fully saturated rings. The summed E-state index contributed by atoms with van der Waals surface area (Å²) < 4.78 is 5.20. The molecule has 2 aromatic rings. The molecule has 8 heteroatoms. The lowest BCUT2D eigenvalue weighted by Crippen LogP contribution is -2.52. The summed E-state index contributed by atoms with van der Waals surface area (Å²) in [6.45, 7) is 7.31. The van der Waals surface area contributed by atoms with Crippen LogP contribution in [0.2, 0.25) is 0 Å². The number of amides is 2. The predicted octanol–water partition coefficient (Wildman–Crippen LogP) is 2.70. The van der Waals surface area contributed by atoms with Gasteiger partial charge in [0.2, 0.25) is 11.8 Å². The third-order valence-corrected chi connectivity index (χ3v) is 6.30. The zero-order valence-electron chi connectivity index (χ0n) is 19.7. The quantitative estimate of drug-likeness (QED) is 0.614. The maximum atomic E-state index is 12.9. The van der Waals surface area contributed by atoms with Gasteiger partial charge in [0.05, 0.1) is 19.3 Å². The second-order valence-electron chi connectivity index (χ2n) is 9.19. The highest BCUT2D eigenvalue weighted by Crippen LogP contribution is 2.30. The number of ether oxygens (including phenoxy) is 1. The maximum Gasteiger partial charge on any atom is 0.242 e. The van der Waals surface area contributed by atoms with Crippen LogP contribution in [-0.4, -0.2) is 78.2 Å².